The molecule has 0 bridgehead atoms. The topological polar surface area (TPSA) is 53.4 Å². The molecule has 2 heterocycles. The van der Waals surface area contributed by atoms with Crippen molar-refractivity contribution in [1.29, 1.82) is 0 Å². The zero-order valence-electron chi connectivity index (χ0n) is 14.3. The molecule has 1 fully saturated rings. The second-order valence-corrected chi connectivity index (χ2v) is 6.67. The number of para-hydroxylation sites is 1. The van der Waals surface area contributed by atoms with Crippen LogP contribution in [0.3, 0.4) is 0 Å². The lowest BCUT2D eigenvalue weighted by atomic mass is 9.95. The standard InChI is InChI=1S/C20H26N2O2/c1-2-3-10-18(22-14-7-6-11-19(22)20(23)24)17-13-12-15-8-4-5-9-16(15)21-17/h4-5,8-9,12-13,18-19H,2-3,6-7,10-11,14H2,1H3,(H,23,24). The minimum atomic E-state index is -0.697. The summed E-state index contributed by atoms with van der Waals surface area (Å²) in [4.78, 5) is 18.8. The highest BCUT2D eigenvalue weighted by Crippen LogP contribution is 2.32. The maximum Gasteiger partial charge on any atom is 0.320 e. The molecule has 0 radical (unpaired) electrons. The minimum Gasteiger partial charge on any atom is -0.480 e. The highest BCUT2D eigenvalue weighted by molar-refractivity contribution is 5.78. The molecule has 24 heavy (non-hydrogen) atoms. The van der Waals surface area contributed by atoms with Crippen LogP contribution < -0.4 is 0 Å². The first-order chi connectivity index (χ1) is 11.7. The fourth-order valence-electron chi connectivity index (χ4n) is 3.74. The van der Waals surface area contributed by atoms with Crippen LogP contribution in [0.4, 0.5) is 0 Å². The average Bonchev–Trinajstić information content (AvgIpc) is 2.62. The molecule has 2 unspecified atom stereocenters. The summed E-state index contributed by atoms with van der Waals surface area (Å²) in [5.74, 6) is -0.697. The average molecular weight is 326 g/mol. The first-order valence-electron chi connectivity index (χ1n) is 9.05. The fraction of sp³-hybridized carbons (Fsp3) is 0.500. The molecule has 2 aromatic rings. The van der Waals surface area contributed by atoms with Gasteiger partial charge in [0.25, 0.3) is 0 Å². The SMILES string of the molecule is CCCCC(c1ccc2ccccc2n1)N1CCCCC1C(=O)O. The third kappa shape index (κ3) is 3.59. The van der Waals surface area contributed by atoms with E-state index in [1.807, 2.05) is 18.2 Å². The van der Waals surface area contributed by atoms with Crippen LogP contribution in [0, 0.1) is 0 Å². The van der Waals surface area contributed by atoms with Crippen LogP contribution in [0.25, 0.3) is 10.9 Å². The number of unbranched alkanes of at least 4 members (excludes halogenated alkanes) is 1. The van der Waals surface area contributed by atoms with Crippen molar-refractivity contribution in [1.82, 2.24) is 9.88 Å². The first-order valence-corrected chi connectivity index (χ1v) is 9.05. The molecule has 4 nitrogen and oxygen atoms in total. The predicted molar refractivity (Wildman–Crippen MR) is 96.0 cm³/mol. The van der Waals surface area contributed by atoms with Gasteiger partial charge in [-0.15, -0.1) is 0 Å². The van der Waals surface area contributed by atoms with Crippen LogP contribution in [0.15, 0.2) is 36.4 Å². The summed E-state index contributed by atoms with van der Waals surface area (Å²) < 4.78 is 0. The number of carboxylic acid groups (broad SMARTS) is 1. The third-order valence-corrected chi connectivity index (χ3v) is 5.02. The Morgan fingerprint density at radius 1 is 1.29 bits per heavy atom. The van der Waals surface area contributed by atoms with E-state index in [0.717, 1.165) is 61.7 Å². The number of carboxylic acids is 1. The Balaban J connectivity index is 1.95. The molecule has 1 aromatic heterocycles. The van der Waals surface area contributed by atoms with Gasteiger partial charge in [-0.2, -0.15) is 0 Å². The largest absolute Gasteiger partial charge is 0.480 e. The molecule has 1 saturated heterocycles. The molecule has 1 aliphatic rings. The number of hydrogen-bond donors (Lipinski definition) is 1. The molecule has 1 N–H and O–H groups in total. The van der Waals surface area contributed by atoms with Crippen molar-refractivity contribution < 1.29 is 9.90 Å². The first kappa shape index (κ1) is 16.9. The van der Waals surface area contributed by atoms with Crippen LogP contribution in [0.2, 0.25) is 0 Å². The van der Waals surface area contributed by atoms with E-state index in [1.165, 1.54) is 0 Å². The Morgan fingerprint density at radius 3 is 2.92 bits per heavy atom. The van der Waals surface area contributed by atoms with Crippen molar-refractivity contribution in [3.63, 3.8) is 0 Å². The quantitative estimate of drug-likeness (QED) is 0.854. The Bertz CT molecular complexity index is 701. The second kappa shape index (κ2) is 7.75. The van der Waals surface area contributed by atoms with Gasteiger partial charge in [-0.1, -0.05) is 50.5 Å². The summed E-state index contributed by atoms with van der Waals surface area (Å²) in [6.07, 6.45) is 5.97. The van der Waals surface area contributed by atoms with Crippen molar-refractivity contribution in [2.45, 2.75) is 57.5 Å². The zero-order valence-corrected chi connectivity index (χ0v) is 14.3. The van der Waals surface area contributed by atoms with E-state index in [4.69, 9.17) is 4.98 Å². The van der Waals surface area contributed by atoms with Crippen LogP contribution in [-0.4, -0.2) is 33.5 Å². The molecule has 3 rings (SSSR count). The summed E-state index contributed by atoms with van der Waals surface area (Å²) in [5.41, 5.74) is 2.00. The number of likely N-dealkylation sites (tertiary alicyclic amines) is 1. The summed E-state index contributed by atoms with van der Waals surface area (Å²) in [5, 5.41) is 10.8. The number of rotatable bonds is 6. The van der Waals surface area contributed by atoms with E-state index >= 15 is 0 Å². The lowest BCUT2D eigenvalue weighted by Crippen LogP contribution is -2.46. The van der Waals surface area contributed by atoms with Gasteiger partial charge in [0.1, 0.15) is 6.04 Å². The lowest BCUT2D eigenvalue weighted by molar-refractivity contribution is -0.146. The smallest absolute Gasteiger partial charge is 0.320 e. The van der Waals surface area contributed by atoms with Crippen molar-refractivity contribution in [3.8, 4) is 0 Å². The van der Waals surface area contributed by atoms with Crippen molar-refractivity contribution in [2.75, 3.05) is 6.54 Å². The van der Waals surface area contributed by atoms with Gasteiger partial charge in [0.15, 0.2) is 0 Å². The van der Waals surface area contributed by atoms with Crippen LogP contribution >= 0.6 is 0 Å². The number of piperidine rings is 1. The van der Waals surface area contributed by atoms with E-state index in [0.29, 0.717) is 0 Å². The van der Waals surface area contributed by atoms with Crippen molar-refractivity contribution >= 4 is 16.9 Å². The van der Waals surface area contributed by atoms with Gasteiger partial charge in [-0.25, -0.2) is 0 Å². The van der Waals surface area contributed by atoms with E-state index in [2.05, 4.69) is 30.0 Å². The monoisotopic (exact) mass is 326 g/mol. The van der Waals surface area contributed by atoms with Gasteiger partial charge in [-0.3, -0.25) is 14.7 Å². The number of benzene rings is 1. The molecular formula is C20H26N2O2. The van der Waals surface area contributed by atoms with Gasteiger partial charge in [-0.05, 0) is 37.9 Å². The number of nitrogens with zero attached hydrogens (tertiary/aromatic N) is 2. The van der Waals surface area contributed by atoms with Crippen LogP contribution in [-0.2, 0) is 4.79 Å². The Labute approximate surface area is 143 Å². The molecule has 4 heteroatoms. The number of aliphatic carboxylic acids is 1. The molecule has 2 atom stereocenters. The Morgan fingerprint density at radius 2 is 2.12 bits per heavy atom. The Kier molecular flexibility index (Phi) is 5.46. The van der Waals surface area contributed by atoms with Crippen molar-refractivity contribution in [3.05, 3.63) is 42.1 Å². The number of carbonyl (C=O) groups is 1. The molecule has 0 aliphatic carbocycles. The molecule has 0 spiro atoms. The van der Waals surface area contributed by atoms with E-state index in [-0.39, 0.29) is 12.1 Å². The maximum absolute atomic E-state index is 11.7. The molecular weight excluding hydrogens is 300 g/mol. The molecule has 0 saturated carbocycles. The van der Waals surface area contributed by atoms with Gasteiger partial charge in [0.05, 0.1) is 17.3 Å². The number of hydrogen-bond acceptors (Lipinski definition) is 3. The van der Waals surface area contributed by atoms with Crippen LogP contribution in [0.1, 0.15) is 57.2 Å². The summed E-state index contributed by atoms with van der Waals surface area (Å²) >= 11 is 0. The number of fused-ring (bicyclic) bond motifs is 1. The van der Waals surface area contributed by atoms with Gasteiger partial charge in [0, 0.05) is 5.39 Å². The molecule has 128 valence electrons. The lowest BCUT2D eigenvalue weighted by Gasteiger charge is -2.39. The van der Waals surface area contributed by atoms with Crippen molar-refractivity contribution in [2.24, 2.45) is 0 Å². The molecule has 1 aromatic carbocycles. The maximum atomic E-state index is 11.7. The Hall–Kier alpha value is -1.94. The van der Waals surface area contributed by atoms with Gasteiger partial charge >= 0.3 is 5.97 Å². The summed E-state index contributed by atoms with van der Waals surface area (Å²) in [6, 6.07) is 12.0. The fourth-order valence-corrected chi connectivity index (χ4v) is 3.74. The van der Waals surface area contributed by atoms with E-state index < -0.39 is 5.97 Å². The van der Waals surface area contributed by atoms with E-state index in [1.54, 1.807) is 0 Å². The highest BCUT2D eigenvalue weighted by atomic mass is 16.4. The minimum absolute atomic E-state index is 0.0935. The van der Waals surface area contributed by atoms with Gasteiger partial charge < -0.3 is 5.11 Å². The normalized spacial score (nSPS) is 20.1. The number of aromatic nitrogens is 1. The van der Waals surface area contributed by atoms with Crippen LogP contribution in [0.5, 0.6) is 0 Å². The summed E-state index contributed by atoms with van der Waals surface area (Å²) in [7, 11) is 0. The zero-order chi connectivity index (χ0) is 16.9. The third-order valence-electron chi connectivity index (χ3n) is 5.02. The molecule has 0 amide bonds. The second-order valence-electron chi connectivity index (χ2n) is 6.67. The highest BCUT2D eigenvalue weighted by Gasteiger charge is 2.34. The summed E-state index contributed by atoms with van der Waals surface area (Å²) in [6.45, 7) is 3.02. The number of pyridine rings is 1. The van der Waals surface area contributed by atoms with E-state index in [9.17, 15) is 9.90 Å². The van der Waals surface area contributed by atoms with Gasteiger partial charge in [0.2, 0.25) is 0 Å². The predicted octanol–water partition coefficient (Wildman–Crippen LogP) is 4.41. The molecule has 1 aliphatic heterocycles.